The average molecular weight is 349 g/mol. The number of carboxylic acid groups (broad SMARTS) is 1. The number of para-hydroxylation sites is 1. The molecule has 0 bridgehead atoms. The second kappa shape index (κ2) is 6.45. The highest BCUT2D eigenvalue weighted by atomic mass is 16.4. The van der Waals surface area contributed by atoms with Crippen LogP contribution in [0.25, 0.3) is 10.9 Å². The van der Waals surface area contributed by atoms with Crippen LogP contribution in [0.3, 0.4) is 0 Å². The number of aromatic hydroxyl groups is 1. The van der Waals surface area contributed by atoms with E-state index in [0.29, 0.717) is 16.6 Å². The molecular formula is C22H23NO3. The van der Waals surface area contributed by atoms with Crippen molar-refractivity contribution in [1.82, 2.24) is 4.98 Å². The fourth-order valence-corrected chi connectivity index (χ4v) is 3.41. The summed E-state index contributed by atoms with van der Waals surface area (Å²) in [5, 5.41) is 21.1. The molecule has 2 aromatic carbocycles. The van der Waals surface area contributed by atoms with Crippen molar-refractivity contribution in [2.24, 2.45) is 0 Å². The Morgan fingerprint density at radius 1 is 1.04 bits per heavy atom. The lowest BCUT2D eigenvalue weighted by atomic mass is 9.79. The summed E-state index contributed by atoms with van der Waals surface area (Å²) >= 11 is 0. The van der Waals surface area contributed by atoms with Crippen LogP contribution in [-0.2, 0) is 5.41 Å². The normalized spacial score (nSPS) is 11.9. The maximum absolute atomic E-state index is 11.9. The molecule has 0 spiro atoms. The fraction of sp³-hybridized carbons (Fsp3) is 0.273. The van der Waals surface area contributed by atoms with Gasteiger partial charge in [-0.2, -0.15) is 0 Å². The van der Waals surface area contributed by atoms with Gasteiger partial charge in [-0.25, -0.2) is 9.78 Å². The monoisotopic (exact) mass is 349 g/mol. The molecule has 1 heterocycles. The largest absolute Gasteiger partial charge is 0.505 e. The van der Waals surface area contributed by atoms with E-state index in [2.05, 4.69) is 0 Å². The zero-order valence-electron chi connectivity index (χ0n) is 15.4. The molecule has 0 saturated carbocycles. The summed E-state index contributed by atoms with van der Waals surface area (Å²) in [5.41, 5.74) is 2.21. The molecule has 3 rings (SSSR count). The minimum absolute atomic E-state index is 0.0866. The molecule has 2 N–H and O–H groups in total. The van der Waals surface area contributed by atoms with E-state index in [0.717, 1.165) is 11.1 Å². The minimum atomic E-state index is -1.15. The molecule has 134 valence electrons. The van der Waals surface area contributed by atoms with Crippen molar-refractivity contribution in [1.29, 1.82) is 0 Å². The molecular weight excluding hydrogens is 326 g/mol. The highest BCUT2D eigenvalue weighted by Crippen LogP contribution is 2.41. The number of fused-ring (bicyclic) bond motifs is 1. The van der Waals surface area contributed by atoms with Gasteiger partial charge in [0.2, 0.25) is 0 Å². The van der Waals surface area contributed by atoms with Gasteiger partial charge in [0.05, 0.1) is 11.2 Å². The zero-order chi connectivity index (χ0) is 19.1. The third-order valence-electron chi connectivity index (χ3n) is 4.94. The summed E-state index contributed by atoms with van der Waals surface area (Å²) in [6.45, 7) is 7.98. The maximum Gasteiger partial charge on any atom is 0.340 e. The Kier molecular flexibility index (Phi) is 4.45. The molecule has 0 atom stereocenters. The molecule has 0 saturated heterocycles. The lowest BCUT2D eigenvalue weighted by molar-refractivity contribution is 0.0695. The fourth-order valence-electron chi connectivity index (χ4n) is 3.41. The number of aromatic nitrogens is 1. The highest BCUT2D eigenvalue weighted by molar-refractivity contribution is 6.06. The van der Waals surface area contributed by atoms with E-state index in [9.17, 15) is 15.0 Å². The number of aromatic carboxylic acids is 1. The maximum atomic E-state index is 11.9. The van der Waals surface area contributed by atoms with E-state index < -0.39 is 11.4 Å². The van der Waals surface area contributed by atoms with Gasteiger partial charge in [0.1, 0.15) is 5.56 Å². The number of carbonyl (C=O) groups is 1. The lowest BCUT2D eigenvalue weighted by Crippen LogP contribution is -2.22. The molecule has 4 heteroatoms. The number of nitrogens with zero attached hydrogens (tertiary/aromatic N) is 1. The van der Waals surface area contributed by atoms with Gasteiger partial charge in [-0.05, 0) is 17.0 Å². The Labute approximate surface area is 153 Å². The number of rotatable bonds is 4. The van der Waals surface area contributed by atoms with Gasteiger partial charge in [0.25, 0.3) is 0 Å². The van der Waals surface area contributed by atoms with Crippen molar-refractivity contribution in [2.75, 3.05) is 0 Å². The molecule has 0 aliphatic rings. The van der Waals surface area contributed by atoms with Crippen LogP contribution in [0.2, 0.25) is 0 Å². The molecule has 0 aliphatic heterocycles. The number of hydrogen-bond donors (Lipinski definition) is 2. The number of carboxylic acids is 1. The smallest absolute Gasteiger partial charge is 0.340 e. The number of benzene rings is 2. The predicted octanol–water partition coefficient (Wildman–Crippen LogP) is 5.09. The summed E-state index contributed by atoms with van der Waals surface area (Å²) in [6, 6.07) is 15.2. The molecule has 26 heavy (non-hydrogen) atoms. The van der Waals surface area contributed by atoms with Crippen LogP contribution in [0.5, 0.6) is 5.75 Å². The minimum Gasteiger partial charge on any atom is -0.505 e. The SMILES string of the molecule is CC(C)c1cccc2c(C(=O)O)c(O)c(C(C)(C)c3ccccc3)nc12. The summed E-state index contributed by atoms with van der Waals surface area (Å²) in [4.78, 5) is 16.7. The quantitative estimate of drug-likeness (QED) is 0.688. The number of pyridine rings is 1. The topological polar surface area (TPSA) is 70.4 Å². The van der Waals surface area contributed by atoms with Gasteiger partial charge >= 0.3 is 5.97 Å². The summed E-state index contributed by atoms with van der Waals surface area (Å²) < 4.78 is 0. The van der Waals surface area contributed by atoms with Crippen molar-refractivity contribution in [3.8, 4) is 5.75 Å². The van der Waals surface area contributed by atoms with Crippen LogP contribution in [0.1, 0.15) is 60.8 Å². The van der Waals surface area contributed by atoms with E-state index in [1.165, 1.54) is 0 Å². The third-order valence-corrected chi connectivity index (χ3v) is 4.94. The van der Waals surface area contributed by atoms with Gasteiger partial charge in [0.15, 0.2) is 5.75 Å². The predicted molar refractivity (Wildman–Crippen MR) is 103 cm³/mol. The summed E-state index contributed by atoms with van der Waals surface area (Å²) in [5.74, 6) is -1.23. The van der Waals surface area contributed by atoms with Crippen molar-refractivity contribution < 1.29 is 15.0 Å². The highest BCUT2D eigenvalue weighted by Gasteiger charge is 2.32. The van der Waals surface area contributed by atoms with Gasteiger partial charge in [0, 0.05) is 10.8 Å². The number of hydrogen-bond acceptors (Lipinski definition) is 3. The third kappa shape index (κ3) is 2.81. The first-order valence-corrected chi connectivity index (χ1v) is 8.70. The Morgan fingerprint density at radius 3 is 2.27 bits per heavy atom. The van der Waals surface area contributed by atoms with E-state index in [4.69, 9.17) is 4.98 Å². The van der Waals surface area contributed by atoms with E-state index in [1.54, 1.807) is 6.07 Å². The first kappa shape index (κ1) is 17.9. The van der Waals surface area contributed by atoms with Crippen LogP contribution in [-0.4, -0.2) is 21.2 Å². The molecule has 0 unspecified atom stereocenters. The summed E-state index contributed by atoms with van der Waals surface area (Å²) in [7, 11) is 0. The molecule has 0 amide bonds. The molecule has 4 nitrogen and oxygen atoms in total. The first-order chi connectivity index (χ1) is 12.2. The molecule has 0 radical (unpaired) electrons. The van der Waals surface area contributed by atoms with Crippen LogP contribution in [0.15, 0.2) is 48.5 Å². The van der Waals surface area contributed by atoms with Gasteiger partial charge in [-0.1, -0.05) is 76.2 Å². The van der Waals surface area contributed by atoms with Crippen molar-refractivity contribution in [3.05, 3.63) is 70.9 Å². The van der Waals surface area contributed by atoms with E-state index in [1.807, 2.05) is 70.2 Å². The van der Waals surface area contributed by atoms with Crippen molar-refractivity contribution in [2.45, 2.75) is 39.0 Å². The van der Waals surface area contributed by atoms with Gasteiger partial charge in [-0.3, -0.25) is 0 Å². The van der Waals surface area contributed by atoms with Crippen molar-refractivity contribution >= 4 is 16.9 Å². The first-order valence-electron chi connectivity index (χ1n) is 8.70. The summed E-state index contributed by atoms with van der Waals surface area (Å²) in [6.07, 6.45) is 0. The Morgan fingerprint density at radius 2 is 1.69 bits per heavy atom. The van der Waals surface area contributed by atoms with Crippen LogP contribution >= 0.6 is 0 Å². The van der Waals surface area contributed by atoms with E-state index >= 15 is 0 Å². The van der Waals surface area contributed by atoms with Crippen LogP contribution in [0.4, 0.5) is 0 Å². The van der Waals surface area contributed by atoms with Crippen molar-refractivity contribution in [3.63, 3.8) is 0 Å². The zero-order valence-corrected chi connectivity index (χ0v) is 15.4. The second-order valence-electron chi connectivity index (χ2n) is 7.38. The Hall–Kier alpha value is -2.88. The van der Waals surface area contributed by atoms with Gasteiger partial charge < -0.3 is 10.2 Å². The standard InChI is InChI=1S/C22H23NO3/c1-13(2)15-11-8-12-16-17(21(25)26)19(24)20(23-18(15)16)22(3,4)14-9-6-5-7-10-14/h5-13,24H,1-4H3,(H,25,26). The van der Waals surface area contributed by atoms with E-state index in [-0.39, 0.29) is 17.2 Å². The van der Waals surface area contributed by atoms with Crippen LogP contribution < -0.4 is 0 Å². The Bertz CT molecular complexity index is 976. The van der Waals surface area contributed by atoms with Crippen LogP contribution in [0, 0.1) is 0 Å². The molecule has 0 aliphatic carbocycles. The molecule has 1 aromatic heterocycles. The molecule has 0 fully saturated rings. The van der Waals surface area contributed by atoms with Gasteiger partial charge in [-0.15, -0.1) is 0 Å². The lowest BCUT2D eigenvalue weighted by Gasteiger charge is -2.27. The average Bonchev–Trinajstić information content (AvgIpc) is 2.60. The Balaban J connectivity index is 2.42. The second-order valence-corrected chi connectivity index (χ2v) is 7.38. The molecule has 3 aromatic rings.